The first-order valence-electron chi connectivity index (χ1n) is 4.78. The molecule has 0 unspecified atom stereocenters. The molecule has 0 fully saturated rings. The van der Waals surface area contributed by atoms with Crippen LogP contribution in [0.1, 0.15) is 10.4 Å². The van der Waals surface area contributed by atoms with Crippen molar-refractivity contribution in [1.29, 1.82) is 0 Å². The fourth-order valence-corrected chi connectivity index (χ4v) is 2.09. The molecule has 0 bridgehead atoms. The van der Waals surface area contributed by atoms with E-state index in [9.17, 15) is 9.18 Å². The highest BCUT2D eigenvalue weighted by atomic mass is 35.5. The van der Waals surface area contributed by atoms with Gasteiger partial charge in [0.25, 0.3) is 0 Å². The van der Waals surface area contributed by atoms with Crippen molar-refractivity contribution in [3.8, 4) is 11.1 Å². The summed E-state index contributed by atoms with van der Waals surface area (Å²) in [5, 5.41) is 0.727. The average Bonchev–Trinajstić information content (AvgIpc) is 2.35. The van der Waals surface area contributed by atoms with E-state index in [1.165, 1.54) is 18.3 Å². The second-order valence-corrected chi connectivity index (χ2v) is 4.66. The van der Waals surface area contributed by atoms with Crippen LogP contribution in [0.5, 0.6) is 0 Å². The van der Waals surface area contributed by atoms with Crippen LogP contribution in [-0.4, -0.2) is 11.3 Å². The minimum atomic E-state index is -0.730. The first-order chi connectivity index (χ1) is 8.52. The molecule has 2 aromatic rings. The molecule has 1 aromatic heterocycles. The van der Waals surface area contributed by atoms with Gasteiger partial charge in [-0.1, -0.05) is 34.8 Å². The molecular formula is C12H5Cl3FNO. The quantitative estimate of drug-likeness (QED) is 0.459. The molecule has 0 atom stereocenters. The lowest BCUT2D eigenvalue weighted by molar-refractivity contribution is 0.112. The highest BCUT2D eigenvalue weighted by molar-refractivity contribution is 6.48. The number of aromatic nitrogens is 1. The summed E-state index contributed by atoms with van der Waals surface area (Å²) in [5.41, 5.74) is 1.15. The molecule has 1 aromatic carbocycles. The summed E-state index contributed by atoms with van der Waals surface area (Å²) >= 11 is 17.6. The Bertz CT molecular complexity index is 608. The Morgan fingerprint density at radius 2 is 1.72 bits per heavy atom. The molecular weight excluding hydrogens is 299 g/mol. The van der Waals surface area contributed by atoms with Gasteiger partial charge in [-0.3, -0.25) is 4.79 Å². The zero-order chi connectivity index (χ0) is 13.3. The number of hydrogen-bond acceptors (Lipinski definition) is 2. The van der Waals surface area contributed by atoms with Crippen LogP contribution in [0.15, 0.2) is 24.4 Å². The Morgan fingerprint density at radius 3 is 2.28 bits per heavy atom. The monoisotopic (exact) mass is 303 g/mol. The normalized spacial score (nSPS) is 10.4. The summed E-state index contributed by atoms with van der Waals surface area (Å²) in [6.07, 6.45) is 1.78. The van der Waals surface area contributed by atoms with E-state index in [0.29, 0.717) is 17.4 Å². The first kappa shape index (κ1) is 13.3. The van der Waals surface area contributed by atoms with E-state index in [-0.39, 0.29) is 20.6 Å². The highest BCUT2D eigenvalue weighted by Crippen LogP contribution is 2.35. The molecule has 0 spiro atoms. The minimum Gasteiger partial charge on any atom is -0.298 e. The van der Waals surface area contributed by atoms with Crippen molar-refractivity contribution in [1.82, 2.24) is 4.98 Å². The number of rotatable bonds is 2. The average molecular weight is 305 g/mol. The maximum absolute atomic E-state index is 12.9. The van der Waals surface area contributed by atoms with Gasteiger partial charge in [-0.25, -0.2) is 4.98 Å². The Morgan fingerprint density at radius 1 is 1.11 bits per heavy atom. The van der Waals surface area contributed by atoms with Gasteiger partial charge in [-0.05, 0) is 17.7 Å². The van der Waals surface area contributed by atoms with Gasteiger partial charge in [-0.2, -0.15) is 4.39 Å². The van der Waals surface area contributed by atoms with Crippen LogP contribution in [0.25, 0.3) is 11.1 Å². The number of pyridine rings is 1. The molecule has 0 aliphatic carbocycles. The molecule has 0 aliphatic rings. The van der Waals surface area contributed by atoms with Gasteiger partial charge >= 0.3 is 0 Å². The van der Waals surface area contributed by atoms with Gasteiger partial charge in [0.1, 0.15) is 0 Å². The predicted octanol–water partition coefficient (Wildman–Crippen LogP) is 4.66. The summed E-state index contributed by atoms with van der Waals surface area (Å²) in [7, 11) is 0. The molecule has 0 radical (unpaired) electrons. The van der Waals surface area contributed by atoms with Gasteiger partial charge in [0, 0.05) is 23.4 Å². The molecule has 92 valence electrons. The van der Waals surface area contributed by atoms with E-state index in [4.69, 9.17) is 34.8 Å². The topological polar surface area (TPSA) is 30.0 Å². The fraction of sp³-hybridized carbons (Fsp3) is 0. The lowest BCUT2D eigenvalue weighted by Crippen LogP contribution is -1.93. The van der Waals surface area contributed by atoms with Crippen LogP contribution in [0.4, 0.5) is 4.39 Å². The predicted molar refractivity (Wildman–Crippen MR) is 70.0 cm³/mol. The van der Waals surface area contributed by atoms with Crippen molar-refractivity contribution in [3.63, 3.8) is 0 Å². The van der Waals surface area contributed by atoms with E-state index in [1.54, 1.807) is 0 Å². The van der Waals surface area contributed by atoms with Crippen molar-refractivity contribution in [2.75, 3.05) is 0 Å². The van der Waals surface area contributed by atoms with Gasteiger partial charge < -0.3 is 0 Å². The van der Waals surface area contributed by atoms with E-state index in [2.05, 4.69) is 4.98 Å². The van der Waals surface area contributed by atoms with Crippen LogP contribution in [-0.2, 0) is 0 Å². The Balaban J connectivity index is 2.65. The highest BCUT2D eigenvalue weighted by Gasteiger charge is 2.11. The molecule has 2 rings (SSSR count). The molecule has 6 heteroatoms. The second kappa shape index (κ2) is 5.22. The zero-order valence-electron chi connectivity index (χ0n) is 8.75. The van der Waals surface area contributed by atoms with Crippen LogP contribution < -0.4 is 0 Å². The Kier molecular flexibility index (Phi) is 3.85. The number of nitrogens with zero attached hydrogens (tertiary/aromatic N) is 1. The molecule has 0 saturated carbocycles. The standard InChI is InChI=1S/C12H5Cl3FNO/c13-9-1-6(2-10(14)12(9)15)8-4-17-11(16)3-7(8)5-18/h1-5H. The molecule has 0 aliphatic heterocycles. The third-order valence-corrected chi connectivity index (χ3v) is 3.52. The molecule has 0 N–H and O–H groups in total. The zero-order valence-corrected chi connectivity index (χ0v) is 11.0. The number of benzene rings is 1. The summed E-state index contributed by atoms with van der Waals surface area (Å²) in [6, 6.07) is 4.12. The maximum atomic E-state index is 12.9. The Hall–Kier alpha value is -1.16. The molecule has 0 amide bonds. The largest absolute Gasteiger partial charge is 0.298 e. The third kappa shape index (κ3) is 2.48. The third-order valence-electron chi connectivity index (χ3n) is 2.32. The van der Waals surface area contributed by atoms with Gasteiger partial charge in [-0.15, -0.1) is 0 Å². The molecule has 2 nitrogen and oxygen atoms in total. The SMILES string of the molecule is O=Cc1cc(F)ncc1-c1cc(Cl)c(Cl)c(Cl)c1. The fourth-order valence-electron chi connectivity index (χ4n) is 1.49. The van der Waals surface area contributed by atoms with E-state index >= 15 is 0 Å². The van der Waals surface area contributed by atoms with Crippen molar-refractivity contribution < 1.29 is 9.18 Å². The molecule has 1 heterocycles. The van der Waals surface area contributed by atoms with Crippen LogP contribution in [0.2, 0.25) is 15.1 Å². The van der Waals surface area contributed by atoms with E-state index < -0.39 is 5.95 Å². The lowest BCUT2D eigenvalue weighted by Gasteiger charge is -2.07. The van der Waals surface area contributed by atoms with Crippen molar-refractivity contribution in [3.05, 3.63) is 51.0 Å². The summed E-state index contributed by atoms with van der Waals surface area (Å²) in [6.45, 7) is 0. The molecule has 18 heavy (non-hydrogen) atoms. The van der Waals surface area contributed by atoms with Gasteiger partial charge in [0.05, 0.1) is 15.1 Å². The van der Waals surface area contributed by atoms with Gasteiger partial charge in [0.15, 0.2) is 6.29 Å². The number of hydrogen-bond donors (Lipinski definition) is 0. The summed E-state index contributed by atoms with van der Waals surface area (Å²) < 4.78 is 12.9. The Labute approximate surface area is 117 Å². The minimum absolute atomic E-state index is 0.164. The van der Waals surface area contributed by atoms with E-state index in [0.717, 1.165) is 6.07 Å². The molecule has 0 saturated heterocycles. The summed E-state index contributed by atoms with van der Waals surface area (Å²) in [4.78, 5) is 14.4. The number of carbonyl (C=O) groups is 1. The van der Waals surface area contributed by atoms with Crippen molar-refractivity contribution >= 4 is 41.1 Å². The summed E-state index contributed by atoms with van der Waals surface area (Å²) in [5.74, 6) is -0.730. The van der Waals surface area contributed by atoms with Crippen molar-refractivity contribution in [2.24, 2.45) is 0 Å². The maximum Gasteiger partial charge on any atom is 0.213 e. The van der Waals surface area contributed by atoms with Crippen molar-refractivity contribution in [2.45, 2.75) is 0 Å². The van der Waals surface area contributed by atoms with Crippen LogP contribution in [0.3, 0.4) is 0 Å². The van der Waals surface area contributed by atoms with E-state index in [1.807, 2.05) is 0 Å². The van der Waals surface area contributed by atoms with Crippen LogP contribution >= 0.6 is 34.8 Å². The van der Waals surface area contributed by atoms with Crippen LogP contribution in [0, 0.1) is 5.95 Å². The van der Waals surface area contributed by atoms with Gasteiger partial charge in [0.2, 0.25) is 5.95 Å². The second-order valence-electron chi connectivity index (χ2n) is 3.47. The lowest BCUT2D eigenvalue weighted by atomic mass is 10.0. The smallest absolute Gasteiger partial charge is 0.213 e. The number of halogens is 4. The number of aldehydes is 1. The number of carbonyl (C=O) groups excluding carboxylic acids is 1. The first-order valence-corrected chi connectivity index (χ1v) is 5.92.